The summed E-state index contributed by atoms with van der Waals surface area (Å²) in [5.41, 5.74) is 3.38. The van der Waals surface area contributed by atoms with Crippen molar-refractivity contribution in [2.45, 2.75) is 31.9 Å². The number of carbonyl (C=O) groups is 1. The highest BCUT2D eigenvalue weighted by molar-refractivity contribution is 5.83. The summed E-state index contributed by atoms with van der Waals surface area (Å²) in [6.07, 6.45) is 5.09. The molecule has 1 aromatic heterocycles. The van der Waals surface area contributed by atoms with Gasteiger partial charge < -0.3 is 19.5 Å². The van der Waals surface area contributed by atoms with Gasteiger partial charge in [-0.3, -0.25) is 0 Å². The van der Waals surface area contributed by atoms with Crippen molar-refractivity contribution in [3.05, 3.63) is 71.9 Å². The number of aromatic nitrogens is 1. The van der Waals surface area contributed by atoms with Crippen molar-refractivity contribution in [3.63, 3.8) is 0 Å². The molecule has 1 N–H and O–H groups in total. The summed E-state index contributed by atoms with van der Waals surface area (Å²) < 4.78 is 5.60. The van der Waals surface area contributed by atoms with Crippen LogP contribution in [-0.2, 0) is 17.8 Å². The van der Waals surface area contributed by atoms with Crippen molar-refractivity contribution in [3.8, 4) is 0 Å². The van der Waals surface area contributed by atoms with E-state index in [1.165, 1.54) is 23.8 Å². The second-order valence-corrected chi connectivity index (χ2v) is 7.88. The number of amides is 1. The number of nitrogens with one attached hydrogen (secondary N) is 1. The van der Waals surface area contributed by atoms with Crippen LogP contribution < -0.4 is 0 Å². The highest BCUT2D eigenvalue weighted by atomic mass is 16.6. The summed E-state index contributed by atoms with van der Waals surface area (Å²) in [7, 11) is 1.86. The summed E-state index contributed by atoms with van der Waals surface area (Å²) in [6, 6.07) is 18.2. The van der Waals surface area contributed by atoms with Crippen LogP contribution in [0.1, 0.15) is 24.0 Å². The van der Waals surface area contributed by atoms with E-state index in [-0.39, 0.29) is 12.1 Å². The molecule has 29 heavy (non-hydrogen) atoms. The van der Waals surface area contributed by atoms with E-state index < -0.39 is 0 Å². The number of aromatic amines is 1. The number of likely N-dealkylation sites (N-methyl/N-ethyl adjacent to an activating group) is 1. The Labute approximate surface area is 172 Å². The number of ether oxygens (including phenoxy) is 1. The van der Waals surface area contributed by atoms with E-state index in [1.54, 1.807) is 4.90 Å². The molecule has 1 amide bonds. The molecule has 1 aliphatic heterocycles. The second-order valence-electron chi connectivity index (χ2n) is 7.88. The Kier molecular flexibility index (Phi) is 6.15. The van der Waals surface area contributed by atoms with Gasteiger partial charge in [0, 0.05) is 30.7 Å². The molecule has 2 heterocycles. The van der Waals surface area contributed by atoms with E-state index in [9.17, 15) is 4.79 Å². The molecule has 5 nitrogen and oxygen atoms in total. The minimum atomic E-state index is -0.266. The third-order valence-corrected chi connectivity index (χ3v) is 5.84. The molecule has 4 rings (SSSR count). The fraction of sp³-hybridized carbons (Fsp3) is 0.375. The first kappa shape index (κ1) is 19.5. The maximum Gasteiger partial charge on any atom is 0.410 e. The number of hydrogen-bond acceptors (Lipinski definition) is 3. The van der Waals surface area contributed by atoms with Crippen LogP contribution in [0.25, 0.3) is 10.9 Å². The quantitative estimate of drug-likeness (QED) is 0.648. The first-order chi connectivity index (χ1) is 14.2. The van der Waals surface area contributed by atoms with Crippen LogP contribution in [0, 0.1) is 0 Å². The maximum atomic E-state index is 12.8. The summed E-state index contributed by atoms with van der Waals surface area (Å²) in [6.45, 7) is 3.39. The molecule has 1 atom stereocenters. The number of rotatable bonds is 7. The van der Waals surface area contributed by atoms with E-state index in [0.717, 1.165) is 37.1 Å². The van der Waals surface area contributed by atoms with E-state index in [4.69, 9.17) is 4.74 Å². The van der Waals surface area contributed by atoms with Gasteiger partial charge in [0.05, 0.1) is 6.04 Å². The third kappa shape index (κ3) is 4.80. The molecule has 0 bridgehead atoms. The topological polar surface area (TPSA) is 48.6 Å². The summed E-state index contributed by atoms with van der Waals surface area (Å²) in [5.74, 6) is 0. The maximum absolute atomic E-state index is 12.8. The molecule has 1 aliphatic rings. The average molecular weight is 392 g/mol. The molecule has 5 heteroatoms. The van der Waals surface area contributed by atoms with Gasteiger partial charge in [-0.15, -0.1) is 0 Å². The zero-order chi connectivity index (χ0) is 20.1. The molecule has 0 radical (unpaired) electrons. The molecule has 1 saturated heterocycles. The first-order valence-corrected chi connectivity index (χ1v) is 10.4. The van der Waals surface area contributed by atoms with Gasteiger partial charge in [-0.2, -0.15) is 0 Å². The van der Waals surface area contributed by atoms with Crippen molar-refractivity contribution < 1.29 is 9.53 Å². The van der Waals surface area contributed by atoms with Crippen molar-refractivity contribution in [2.24, 2.45) is 0 Å². The standard InChI is InChI=1S/C24H29N3O2/c1-26(24(28)29-18-19-9-3-2-4-10-19)21(17-27-13-7-8-14-27)15-20-16-25-23-12-6-5-11-22(20)23/h2-6,9-12,16,21,25H,7-8,13-15,17-18H2,1H3. The Morgan fingerprint density at radius 2 is 1.83 bits per heavy atom. The van der Waals surface area contributed by atoms with E-state index >= 15 is 0 Å². The summed E-state index contributed by atoms with van der Waals surface area (Å²) in [5, 5.41) is 1.23. The molecule has 1 fully saturated rings. The number of H-pyrrole nitrogens is 1. The van der Waals surface area contributed by atoms with Crippen molar-refractivity contribution >= 4 is 17.0 Å². The molecular formula is C24H29N3O2. The van der Waals surface area contributed by atoms with E-state index in [0.29, 0.717) is 6.61 Å². The van der Waals surface area contributed by atoms with Crippen molar-refractivity contribution in [1.29, 1.82) is 0 Å². The molecular weight excluding hydrogens is 362 g/mol. The second kappa shape index (κ2) is 9.14. The predicted octanol–water partition coefficient (Wildman–Crippen LogP) is 4.44. The van der Waals surface area contributed by atoms with Gasteiger partial charge in [0.2, 0.25) is 0 Å². The van der Waals surface area contributed by atoms with Gasteiger partial charge >= 0.3 is 6.09 Å². The Morgan fingerprint density at radius 3 is 2.62 bits per heavy atom. The molecule has 2 aromatic carbocycles. The lowest BCUT2D eigenvalue weighted by Crippen LogP contribution is -2.45. The number of fused-ring (bicyclic) bond motifs is 1. The Balaban J connectivity index is 1.47. The monoisotopic (exact) mass is 391 g/mol. The van der Waals surface area contributed by atoms with Gasteiger partial charge in [0.1, 0.15) is 6.61 Å². The highest BCUT2D eigenvalue weighted by Gasteiger charge is 2.26. The predicted molar refractivity (Wildman–Crippen MR) is 116 cm³/mol. The number of benzene rings is 2. The third-order valence-electron chi connectivity index (χ3n) is 5.84. The van der Waals surface area contributed by atoms with Crippen molar-refractivity contribution in [1.82, 2.24) is 14.8 Å². The summed E-state index contributed by atoms with van der Waals surface area (Å²) >= 11 is 0. The van der Waals surface area contributed by atoms with Gasteiger partial charge in [-0.25, -0.2) is 4.79 Å². The molecule has 3 aromatic rings. The van der Waals surface area contributed by atoms with Crippen LogP contribution >= 0.6 is 0 Å². The Morgan fingerprint density at radius 1 is 1.10 bits per heavy atom. The fourth-order valence-electron chi connectivity index (χ4n) is 4.11. The minimum absolute atomic E-state index is 0.0654. The number of para-hydroxylation sites is 1. The van der Waals surface area contributed by atoms with Gasteiger partial charge in [0.25, 0.3) is 0 Å². The van der Waals surface area contributed by atoms with Gasteiger partial charge in [0.15, 0.2) is 0 Å². The van der Waals surface area contributed by atoms with E-state index in [2.05, 4.69) is 34.3 Å². The minimum Gasteiger partial charge on any atom is -0.445 e. The SMILES string of the molecule is CN(C(=O)OCc1ccccc1)C(Cc1c[nH]c2ccccc12)CN1CCCC1. The fourth-order valence-corrected chi connectivity index (χ4v) is 4.11. The highest BCUT2D eigenvalue weighted by Crippen LogP contribution is 2.22. The lowest BCUT2D eigenvalue weighted by molar-refractivity contribution is 0.0835. The van der Waals surface area contributed by atoms with Gasteiger partial charge in [-0.1, -0.05) is 48.5 Å². The number of likely N-dealkylation sites (tertiary alicyclic amines) is 1. The average Bonchev–Trinajstić information content (AvgIpc) is 3.42. The largest absolute Gasteiger partial charge is 0.445 e. The zero-order valence-electron chi connectivity index (χ0n) is 17.0. The molecule has 0 aliphatic carbocycles. The smallest absolute Gasteiger partial charge is 0.410 e. The van der Waals surface area contributed by atoms with Crippen LogP contribution in [0.2, 0.25) is 0 Å². The van der Waals surface area contributed by atoms with Crippen LogP contribution in [0.4, 0.5) is 4.79 Å². The molecule has 1 unspecified atom stereocenters. The Hall–Kier alpha value is -2.79. The summed E-state index contributed by atoms with van der Waals surface area (Å²) in [4.78, 5) is 20.4. The van der Waals surface area contributed by atoms with Crippen molar-refractivity contribution in [2.75, 3.05) is 26.7 Å². The normalized spacial score (nSPS) is 15.5. The number of nitrogens with zero attached hydrogens (tertiary/aromatic N) is 2. The van der Waals surface area contributed by atoms with Crippen LogP contribution in [0.5, 0.6) is 0 Å². The number of carbonyl (C=O) groups excluding carboxylic acids is 1. The molecule has 152 valence electrons. The van der Waals surface area contributed by atoms with E-state index in [1.807, 2.05) is 43.4 Å². The van der Waals surface area contributed by atoms with Crippen LogP contribution in [-0.4, -0.2) is 53.6 Å². The molecule has 0 spiro atoms. The number of hydrogen-bond donors (Lipinski definition) is 1. The van der Waals surface area contributed by atoms with Crippen LogP contribution in [0.3, 0.4) is 0 Å². The van der Waals surface area contributed by atoms with Crippen LogP contribution in [0.15, 0.2) is 60.8 Å². The molecule has 0 saturated carbocycles. The zero-order valence-corrected chi connectivity index (χ0v) is 17.0. The lowest BCUT2D eigenvalue weighted by atomic mass is 10.0. The first-order valence-electron chi connectivity index (χ1n) is 10.4. The van der Waals surface area contributed by atoms with Gasteiger partial charge in [-0.05, 0) is 49.5 Å². The lowest BCUT2D eigenvalue weighted by Gasteiger charge is -2.31. The Bertz CT molecular complexity index is 931.